The Morgan fingerprint density at radius 1 is 1.31 bits per heavy atom. The molecule has 0 aromatic carbocycles. The summed E-state index contributed by atoms with van der Waals surface area (Å²) in [6, 6.07) is 0. The molecule has 0 bridgehead atoms. The Labute approximate surface area is 73.7 Å². The molecule has 76 valence electrons. The van der Waals surface area contributed by atoms with Crippen molar-refractivity contribution in [3.63, 3.8) is 0 Å². The third-order valence-corrected chi connectivity index (χ3v) is 1.52. The van der Waals surface area contributed by atoms with E-state index in [9.17, 15) is 0 Å². The lowest BCUT2D eigenvalue weighted by Gasteiger charge is -2.09. The van der Waals surface area contributed by atoms with Gasteiger partial charge in [-0.05, 0) is 0 Å². The standard InChI is InChI=1S/C5H10O5.CHNO/c6-1-2-3(7)4(8)5(9)10-2;2-1-3/h2-9H,1H2;2H/t2-,3-,4-,5?;/m1./s1. The van der Waals surface area contributed by atoms with Gasteiger partial charge in [0.05, 0.1) is 6.61 Å². The molecule has 1 rings (SSSR count). The molecule has 1 aliphatic rings. The van der Waals surface area contributed by atoms with Crippen molar-refractivity contribution in [2.24, 2.45) is 0 Å². The molecule has 0 aromatic rings. The Bertz CT molecular complexity index is 180. The molecule has 4 atom stereocenters. The number of rotatable bonds is 1. The van der Waals surface area contributed by atoms with Crippen LogP contribution in [0.15, 0.2) is 0 Å². The van der Waals surface area contributed by atoms with Gasteiger partial charge in [0.25, 0.3) is 0 Å². The van der Waals surface area contributed by atoms with E-state index in [0.29, 0.717) is 0 Å². The van der Waals surface area contributed by atoms with Crippen LogP contribution in [0.4, 0.5) is 0 Å². The van der Waals surface area contributed by atoms with Crippen LogP contribution in [0.1, 0.15) is 0 Å². The van der Waals surface area contributed by atoms with Gasteiger partial charge in [-0.3, -0.25) is 0 Å². The molecule has 0 spiro atoms. The highest BCUT2D eigenvalue weighted by Gasteiger charge is 2.41. The number of aliphatic hydroxyl groups is 4. The lowest BCUT2D eigenvalue weighted by Crippen LogP contribution is -2.33. The third kappa shape index (κ3) is 3.19. The quantitative estimate of drug-likeness (QED) is 0.228. The summed E-state index contributed by atoms with van der Waals surface area (Å²) in [4.78, 5) is 8.35. The fraction of sp³-hybridized carbons (Fsp3) is 0.833. The maximum Gasteiger partial charge on any atom is 0.231 e. The number of ether oxygens (including phenoxy) is 1. The monoisotopic (exact) mass is 193 g/mol. The van der Waals surface area contributed by atoms with Gasteiger partial charge in [0.15, 0.2) is 6.29 Å². The fourth-order valence-electron chi connectivity index (χ4n) is 0.880. The zero-order valence-electron chi connectivity index (χ0n) is 6.62. The number of nitrogens with one attached hydrogen (secondary N) is 1. The lowest BCUT2D eigenvalue weighted by atomic mass is 10.1. The third-order valence-electron chi connectivity index (χ3n) is 1.52. The molecule has 7 heteroatoms. The first kappa shape index (κ1) is 12.2. The van der Waals surface area contributed by atoms with Gasteiger partial charge >= 0.3 is 0 Å². The summed E-state index contributed by atoms with van der Waals surface area (Å²) in [7, 11) is 0. The molecule has 0 radical (unpaired) electrons. The van der Waals surface area contributed by atoms with Crippen molar-refractivity contribution >= 4 is 6.08 Å². The molecule has 0 amide bonds. The zero-order valence-corrected chi connectivity index (χ0v) is 6.62. The van der Waals surface area contributed by atoms with E-state index in [-0.39, 0.29) is 0 Å². The van der Waals surface area contributed by atoms with Crippen molar-refractivity contribution in [3.05, 3.63) is 0 Å². The van der Waals surface area contributed by atoms with Crippen LogP contribution in [0.5, 0.6) is 0 Å². The molecule has 1 fully saturated rings. The van der Waals surface area contributed by atoms with E-state index in [2.05, 4.69) is 4.74 Å². The first-order valence-corrected chi connectivity index (χ1v) is 3.42. The van der Waals surface area contributed by atoms with E-state index in [4.69, 9.17) is 30.6 Å². The molecule has 0 saturated carbocycles. The largest absolute Gasteiger partial charge is 0.394 e. The summed E-state index contributed by atoms with van der Waals surface area (Å²) in [5.41, 5.74) is 0. The van der Waals surface area contributed by atoms with E-state index >= 15 is 0 Å². The molecule has 1 heterocycles. The molecule has 0 aliphatic carbocycles. The first-order chi connectivity index (χ1) is 6.08. The molecule has 1 saturated heterocycles. The van der Waals surface area contributed by atoms with Crippen LogP contribution in [0.25, 0.3) is 0 Å². The Hall–Kier alpha value is -0.820. The highest BCUT2D eigenvalue weighted by atomic mass is 16.6. The van der Waals surface area contributed by atoms with Crippen LogP contribution < -0.4 is 0 Å². The second kappa shape index (κ2) is 5.76. The normalized spacial score (nSPS) is 37.5. The maximum absolute atomic E-state index is 8.93. The van der Waals surface area contributed by atoms with Crippen molar-refractivity contribution < 1.29 is 30.0 Å². The summed E-state index contributed by atoms with van der Waals surface area (Å²) in [5, 5.41) is 40.4. The lowest BCUT2D eigenvalue weighted by molar-refractivity contribution is -0.132. The minimum atomic E-state index is -1.38. The van der Waals surface area contributed by atoms with Crippen molar-refractivity contribution in [2.75, 3.05) is 6.61 Å². The van der Waals surface area contributed by atoms with Crippen LogP contribution >= 0.6 is 0 Å². The molecule has 1 aliphatic heterocycles. The second-order valence-corrected chi connectivity index (χ2v) is 2.33. The summed E-state index contributed by atoms with van der Waals surface area (Å²) >= 11 is 0. The van der Waals surface area contributed by atoms with E-state index in [1.165, 1.54) is 0 Å². The number of hydrogen-bond acceptors (Lipinski definition) is 7. The summed E-state index contributed by atoms with van der Waals surface area (Å²) in [6.07, 6.45) is -4.01. The van der Waals surface area contributed by atoms with Crippen molar-refractivity contribution in [1.82, 2.24) is 0 Å². The second-order valence-electron chi connectivity index (χ2n) is 2.33. The minimum Gasteiger partial charge on any atom is -0.394 e. The van der Waals surface area contributed by atoms with Crippen molar-refractivity contribution in [2.45, 2.75) is 24.6 Å². The van der Waals surface area contributed by atoms with Gasteiger partial charge < -0.3 is 25.2 Å². The van der Waals surface area contributed by atoms with Crippen LogP contribution in [-0.2, 0) is 9.53 Å². The molecular formula is C6H11NO6. The fourth-order valence-corrected chi connectivity index (χ4v) is 0.880. The number of isocyanates is 1. The van der Waals surface area contributed by atoms with E-state index in [0.717, 1.165) is 6.08 Å². The summed E-state index contributed by atoms with van der Waals surface area (Å²) < 4.78 is 4.54. The molecule has 5 N–H and O–H groups in total. The number of aliphatic hydroxyl groups excluding tert-OH is 4. The number of carbonyl (C=O) groups excluding carboxylic acids is 1. The van der Waals surface area contributed by atoms with Gasteiger partial charge in [-0.1, -0.05) is 0 Å². The van der Waals surface area contributed by atoms with E-state index in [1.807, 2.05) is 0 Å². The van der Waals surface area contributed by atoms with Crippen LogP contribution in [0.3, 0.4) is 0 Å². The van der Waals surface area contributed by atoms with Gasteiger partial charge in [0.1, 0.15) is 18.3 Å². The average Bonchev–Trinajstić information content (AvgIpc) is 2.34. The highest BCUT2D eigenvalue weighted by Crippen LogP contribution is 2.18. The predicted molar refractivity (Wildman–Crippen MR) is 38.4 cm³/mol. The Balaban J connectivity index is 0.000000424. The topological polar surface area (TPSA) is 131 Å². The van der Waals surface area contributed by atoms with Crippen LogP contribution in [0, 0.1) is 5.41 Å². The Morgan fingerprint density at radius 2 is 1.77 bits per heavy atom. The zero-order chi connectivity index (χ0) is 10.4. The summed E-state index contributed by atoms with van der Waals surface area (Å²) in [5.74, 6) is 0. The number of hydrogen-bond donors (Lipinski definition) is 5. The molecule has 0 aromatic heterocycles. The SMILES string of the molecule is N=C=O.OC[C@H]1OC(O)[C@H](O)[C@@H]1O. The average molecular weight is 193 g/mol. The summed E-state index contributed by atoms with van der Waals surface area (Å²) in [6.45, 7) is -0.407. The molecule has 13 heavy (non-hydrogen) atoms. The van der Waals surface area contributed by atoms with Crippen LogP contribution in [-0.4, -0.2) is 57.7 Å². The molecule has 1 unspecified atom stereocenters. The van der Waals surface area contributed by atoms with Gasteiger partial charge in [-0.15, -0.1) is 0 Å². The van der Waals surface area contributed by atoms with E-state index in [1.54, 1.807) is 0 Å². The first-order valence-electron chi connectivity index (χ1n) is 3.42. The molecular weight excluding hydrogens is 182 g/mol. The maximum atomic E-state index is 8.93. The van der Waals surface area contributed by atoms with Gasteiger partial charge in [-0.2, -0.15) is 0 Å². The predicted octanol–water partition coefficient (Wildman–Crippen LogP) is -2.68. The van der Waals surface area contributed by atoms with Crippen molar-refractivity contribution in [1.29, 1.82) is 5.41 Å². The van der Waals surface area contributed by atoms with Crippen LogP contribution in [0.2, 0.25) is 0 Å². The molecule has 7 nitrogen and oxygen atoms in total. The van der Waals surface area contributed by atoms with Gasteiger partial charge in [0, 0.05) is 0 Å². The van der Waals surface area contributed by atoms with Gasteiger partial charge in [-0.25, -0.2) is 10.2 Å². The Morgan fingerprint density at radius 3 is 1.92 bits per heavy atom. The highest BCUT2D eigenvalue weighted by molar-refractivity contribution is 5.26. The minimum absolute atomic E-state index is 0.407. The Kier molecular flexibility index (Phi) is 5.40. The van der Waals surface area contributed by atoms with Crippen molar-refractivity contribution in [3.8, 4) is 0 Å². The van der Waals surface area contributed by atoms with E-state index < -0.39 is 31.2 Å². The smallest absolute Gasteiger partial charge is 0.231 e. The van der Waals surface area contributed by atoms with Gasteiger partial charge in [0.2, 0.25) is 6.08 Å².